The lowest BCUT2D eigenvalue weighted by molar-refractivity contribution is 0.286. The molecular weight excluding hydrogens is 442 g/mol. The van der Waals surface area contributed by atoms with Crippen molar-refractivity contribution in [1.29, 1.82) is 5.26 Å². The van der Waals surface area contributed by atoms with Crippen molar-refractivity contribution in [3.05, 3.63) is 30.1 Å². The summed E-state index contributed by atoms with van der Waals surface area (Å²) in [6, 6.07) is 7.91. The monoisotopic (exact) mass is 467 g/mol. The van der Waals surface area contributed by atoms with Gasteiger partial charge >= 0.3 is 0 Å². The van der Waals surface area contributed by atoms with Gasteiger partial charge in [0, 0.05) is 54.5 Å². The molecule has 11 heteroatoms. The molecule has 1 saturated carbocycles. The molecule has 1 N–H and O–H groups in total. The fourth-order valence-electron chi connectivity index (χ4n) is 4.41. The molecule has 0 radical (unpaired) electrons. The van der Waals surface area contributed by atoms with Crippen LogP contribution in [-0.2, 0) is 9.84 Å². The predicted octanol–water partition coefficient (Wildman–Crippen LogP) is 2.46. The third kappa shape index (κ3) is 4.61. The van der Waals surface area contributed by atoms with Crippen LogP contribution in [0, 0.1) is 23.2 Å². The van der Waals surface area contributed by atoms with Crippen LogP contribution >= 0.6 is 0 Å². The molecule has 4 heterocycles. The lowest BCUT2D eigenvalue weighted by atomic mass is 9.92. The van der Waals surface area contributed by atoms with Crippen molar-refractivity contribution < 1.29 is 13.2 Å². The molecule has 10 nitrogen and oxygen atoms in total. The molecular formula is C22H25N7O3S. The number of sulfone groups is 1. The number of hydrogen-bond acceptors (Lipinski definition) is 9. The molecule has 3 aromatic heterocycles. The first-order valence-corrected chi connectivity index (χ1v) is 13.0. The van der Waals surface area contributed by atoms with E-state index in [0.717, 1.165) is 61.8 Å². The molecule has 172 valence electrons. The van der Waals surface area contributed by atoms with Gasteiger partial charge in [0.15, 0.2) is 5.65 Å². The van der Waals surface area contributed by atoms with Crippen LogP contribution in [0.1, 0.15) is 37.3 Å². The summed E-state index contributed by atoms with van der Waals surface area (Å²) in [6.45, 7) is 1.83. The maximum absolute atomic E-state index is 12.2. The quantitative estimate of drug-likeness (QED) is 0.519. The Morgan fingerprint density at radius 3 is 2.85 bits per heavy atom. The molecule has 0 amide bonds. The van der Waals surface area contributed by atoms with E-state index in [2.05, 4.69) is 36.1 Å². The molecule has 2 fully saturated rings. The number of hydrogen-bond donors (Lipinski definition) is 1. The zero-order valence-electron chi connectivity index (χ0n) is 18.3. The van der Waals surface area contributed by atoms with Crippen molar-refractivity contribution in [2.45, 2.75) is 36.8 Å². The topological polar surface area (TPSA) is 138 Å². The third-order valence-electron chi connectivity index (χ3n) is 6.41. The van der Waals surface area contributed by atoms with Gasteiger partial charge in [-0.3, -0.25) is 5.10 Å². The van der Waals surface area contributed by atoms with E-state index in [9.17, 15) is 8.42 Å². The van der Waals surface area contributed by atoms with Crippen molar-refractivity contribution in [1.82, 2.24) is 25.1 Å². The highest BCUT2D eigenvalue weighted by atomic mass is 32.2. The molecule has 33 heavy (non-hydrogen) atoms. The average Bonchev–Trinajstić information content (AvgIpc) is 3.44. The second-order valence-corrected chi connectivity index (χ2v) is 10.7. The number of piperidine rings is 1. The number of rotatable bonds is 7. The van der Waals surface area contributed by atoms with Crippen LogP contribution in [0.5, 0.6) is 5.88 Å². The Morgan fingerprint density at radius 1 is 1.30 bits per heavy atom. The van der Waals surface area contributed by atoms with Crippen molar-refractivity contribution in [2.75, 3.05) is 30.9 Å². The molecule has 0 unspecified atom stereocenters. The first kappa shape index (κ1) is 21.6. The molecule has 1 aliphatic carbocycles. The number of nitrogens with zero attached hydrogens (tertiary/aromatic N) is 6. The molecule has 0 bridgehead atoms. The lowest BCUT2D eigenvalue weighted by Crippen LogP contribution is -2.34. The maximum Gasteiger partial charge on any atom is 0.252 e. The van der Waals surface area contributed by atoms with Crippen LogP contribution in [0.4, 0.5) is 5.82 Å². The van der Waals surface area contributed by atoms with Crippen LogP contribution in [0.3, 0.4) is 0 Å². The second kappa shape index (κ2) is 8.59. The number of fused-ring (bicyclic) bond motifs is 1. The number of pyridine rings is 1. The highest BCUT2D eigenvalue weighted by Crippen LogP contribution is 2.40. The van der Waals surface area contributed by atoms with Gasteiger partial charge in [-0.05, 0) is 43.7 Å². The van der Waals surface area contributed by atoms with E-state index in [0.29, 0.717) is 24.3 Å². The largest absolute Gasteiger partial charge is 0.477 e. The Kier molecular flexibility index (Phi) is 5.62. The summed E-state index contributed by atoms with van der Waals surface area (Å²) in [5.74, 6) is 1.59. The SMILES string of the molecule is CS(=O)(=O)c1nc(OCC[C@H]2C[C@H]2C#N)cc(N2CCC(c3[nH]nc4ncccc34)CC2)n1. The Labute approximate surface area is 191 Å². The van der Waals surface area contributed by atoms with Crippen LogP contribution in [0.2, 0.25) is 0 Å². The van der Waals surface area contributed by atoms with Crippen molar-refractivity contribution in [2.24, 2.45) is 11.8 Å². The second-order valence-electron chi connectivity index (χ2n) is 8.76. The third-order valence-corrected chi connectivity index (χ3v) is 7.26. The predicted molar refractivity (Wildman–Crippen MR) is 121 cm³/mol. The van der Waals surface area contributed by atoms with Crippen LogP contribution < -0.4 is 9.64 Å². The number of H-pyrrole nitrogens is 1. The number of ether oxygens (including phenoxy) is 1. The van der Waals surface area contributed by atoms with Crippen molar-refractivity contribution >= 4 is 26.7 Å². The minimum Gasteiger partial charge on any atom is -0.477 e. The van der Waals surface area contributed by atoms with E-state index in [1.807, 2.05) is 12.1 Å². The highest BCUT2D eigenvalue weighted by molar-refractivity contribution is 7.90. The molecule has 2 atom stereocenters. The van der Waals surface area contributed by atoms with Crippen LogP contribution in [0.25, 0.3) is 11.0 Å². The summed E-state index contributed by atoms with van der Waals surface area (Å²) in [4.78, 5) is 14.8. The first-order chi connectivity index (χ1) is 15.9. The summed E-state index contributed by atoms with van der Waals surface area (Å²) in [5, 5.41) is 17.2. The van der Waals surface area contributed by atoms with Crippen molar-refractivity contribution in [3.63, 3.8) is 0 Å². The van der Waals surface area contributed by atoms with E-state index in [-0.39, 0.29) is 17.0 Å². The maximum atomic E-state index is 12.2. The summed E-state index contributed by atoms with van der Waals surface area (Å²) >= 11 is 0. The highest BCUT2D eigenvalue weighted by Gasteiger charge is 2.36. The number of aromatic amines is 1. The van der Waals surface area contributed by atoms with Gasteiger partial charge < -0.3 is 9.64 Å². The molecule has 0 aromatic carbocycles. The fourth-order valence-corrected chi connectivity index (χ4v) is 4.93. The first-order valence-electron chi connectivity index (χ1n) is 11.1. The standard InChI is InChI=1S/C22H25N7O3S/c1-33(30,31)22-25-18(12-19(26-22)32-10-6-15-11-16(15)13-23)29-8-4-14(5-9-29)20-17-3-2-7-24-21(17)28-27-20/h2-3,7,12,14-16H,4-6,8-11H2,1H3,(H,24,27,28)/t15-,16-/m0/s1. The van der Waals surface area contributed by atoms with Crippen LogP contribution in [-0.4, -0.2) is 59.5 Å². The minimum atomic E-state index is -3.59. The van der Waals surface area contributed by atoms with Gasteiger partial charge in [0.2, 0.25) is 15.7 Å². The smallest absolute Gasteiger partial charge is 0.252 e. The summed E-state index contributed by atoms with van der Waals surface area (Å²) in [6.07, 6.45) is 6.23. The Bertz CT molecular complexity index is 1310. The molecule has 5 rings (SSSR count). The van der Waals surface area contributed by atoms with E-state index < -0.39 is 9.84 Å². The van der Waals surface area contributed by atoms with Gasteiger partial charge in [0.25, 0.3) is 5.16 Å². The minimum absolute atomic E-state index is 0.116. The Morgan fingerprint density at radius 2 is 2.12 bits per heavy atom. The van der Waals surface area contributed by atoms with Gasteiger partial charge in [0.05, 0.1) is 12.7 Å². The normalized spacial score (nSPS) is 21.2. The summed E-state index contributed by atoms with van der Waals surface area (Å²) < 4.78 is 30.1. The molecule has 0 spiro atoms. The van der Waals surface area contributed by atoms with Gasteiger partial charge in [-0.15, -0.1) is 0 Å². The van der Waals surface area contributed by atoms with Crippen LogP contribution in [0.15, 0.2) is 29.6 Å². The number of nitriles is 1. The van der Waals surface area contributed by atoms with Gasteiger partial charge in [-0.25, -0.2) is 18.4 Å². The average molecular weight is 468 g/mol. The molecule has 1 aliphatic heterocycles. The Hall–Kier alpha value is -3.26. The van der Waals surface area contributed by atoms with Gasteiger partial charge in [-0.2, -0.15) is 15.3 Å². The Balaban J connectivity index is 1.29. The van der Waals surface area contributed by atoms with Gasteiger partial charge in [0.1, 0.15) is 5.82 Å². The zero-order valence-corrected chi connectivity index (χ0v) is 19.1. The van der Waals surface area contributed by atoms with Crippen molar-refractivity contribution in [3.8, 4) is 11.9 Å². The van der Waals surface area contributed by atoms with Gasteiger partial charge in [-0.1, -0.05) is 0 Å². The fraction of sp³-hybridized carbons (Fsp3) is 0.500. The van der Waals surface area contributed by atoms with E-state index in [4.69, 9.17) is 10.00 Å². The molecule has 3 aromatic rings. The van der Waals surface area contributed by atoms with E-state index in [1.165, 1.54) is 0 Å². The summed E-state index contributed by atoms with van der Waals surface area (Å²) in [5.41, 5.74) is 1.81. The lowest BCUT2D eigenvalue weighted by Gasteiger charge is -2.32. The molecule has 1 saturated heterocycles. The number of nitrogens with one attached hydrogen (secondary N) is 1. The number of aromatic nitrogens is 5. The number of anilines is 1. The van der Waals surface area contributed by atoms with E-state index in [1.54, 1.807) is 12.3 Å². The zero-order chi connectivity index (χ0) is 23.0. The van der Waals surface area contributed by atoms with E-state index >= 15 is 0 Å². The molecule has 2 aliphatic rings. The summed E-state index contributed by atoms with van der Waals surface area (Å²) in [7, 11) is -3.59.